The predicted molar refractivity (Wildman–Crippen MR) is 73.2 cm³/mol. The lowest BCUT2D eigenvalue weighted by Crippen LogP contribution is -2.01. The summed E-state index contributed by atoms with van der Waals surface area (Å²) in [6.45, 7) is 0. The van der Waals surface area contributed by atoms with Crippen LogP contribution in [0, 0.1) is 0 Å². The van der Waals surface area contributed by atoms with Crippen LogP contribution in [0.1, 0.15) is 17.2 Å². The van der Waals surface area contributed by atoms with E-state index in [1.807, 2.05) is 0 Å². The lowest BCUT2D eigenvalue weighted by Gasteiger charge is -2.12. The highest BCUT2D eigenvalue weighted by Gasteiger charge is 2.10. The molecular weight excluding hydrogens is 271 g/mol. The first-order chi connectivity index (χ1) is 8.56. The summed E-state index contributed by atoms with van der Waals surface area (Å²) in [4.78, 5) is 0. The minimum atomic E-state index is -0.649. The molecule has 0 fully saturated rings. The van der Waals surface area contributed by atoms with Crippen molar-refractivity contribution in [3.05, 3.63) is 63.6 Å². The smallest absolute Gasteiger partial charge is 0.115 e. The summed E-state index contributed by atoms with van der Waals surface area (Å²) in [6.07, 6.45) is -0.192. The summed E-state index contributed by atoms with van der Waals surface area (Å²) in [5.41, 5.74) is 1.66. The third kappa shape index (κ3) is 3.16. The van der Waals surface area contributed by atoms with E-state index in [1.54, 1.807) is 42.5 Å². The van der Waals surface area contributed by atoms with Crippen molar-refractivity contribution in [1.82, 2.24) is 0 Å². The molecule has 2 nitrogen and oxygen atoms in total. The van der Waals surface area contributed by atoms with E-state index in [9.17, 15) is 10.2 Å². The van der Waals surface area contributed by atoms with Gasteiger partial charge in [-0.05, 0) is 35.4 Å². The monoisotopic (exact) mass is 282 g/mol. The molecule has 0 aromatic heterocycles. The van der Waals surface area contributed by atoms with Gasteiger partial charge in [-0.1, -0.05) is 41.4 Å². The lowest BCUT2D eigenvalue weighted by atomic mass is 10.0. The SMILES string of the molecule is Oc1ccc(CC(O)c2ccc(Cl)c(Cl)c2)cc1. The Labute approximate surface area is 115 Å². The number of aliphatic hydroxyl groups excluding tert-OH is 1. The number of hydrogen-bond acceptors (Lipinski definition) is 2. The fourth-order valence-electron chi connectivity index (χ4n) is 1.69. The molecular formula is C14H12Cl2O2. The van der Waals surface area contributed by atoms with Crippen molar-refractivity contribution in [2.45, 2.75) is 12.5 Å². The molecule has 4 heteroatoms. The standard InChI is InChI=1S/C14H12Cl2O2/c15-12-6-3-10(8-13(12)16)14(18)7-9-1-4-11(17)5-2-9/h1-6,8,14,17-18H,7H2. The summed E-state index contributed by atoms with van der Waals surface area (Å²) in [5.74, 6) is 0.211. The minimum absolute atomic E-state index is 0.211. The van der Waals surface area contributed by atoms with Crippen molar-refractivity contribution in [2.75, 3.05) is 0 Å². The van der Waals surface area contributed by atoms with Gasteiger partial charge in [0.15, 0.2) is 0 Å². The molecule has 94 valence electrons. The molecule has 0 aliphatic heterocycles. The van der Waals surface area contributed by atoms with E-state index < -0.39 is 6.10 Å². The van der Waals surface area contributed by atoms with Gasteiger partial charge in [0, 0.05) is 6.42 Å². The topological polar surface area (TPSA) is 40.5 Å². The number of phenols is 1. The van der Waals surface area contributed by atoms with Crippen molar-refractivity contribution in [2.24, 2.45) is 0 Å². The van der Waals surface area contributed by atoms with Crippen molar-refractivity contribution in [3.63, 3.8) is 0 Å². The Hall–Kier alpha value is -1.22. The highest BCUT2D eigenvalue weighted by Crippen LogP contribution is 2.27. The molecule has 0 saturated carbocycles. The maximum atomic E-state index is 10.1. The van der Waals surface area contributed by atoms with Crippen molar-refractivity contribution >= 4 is 23.2 Å². The third-order valence-corrected chi connectivity index (χ3v) is 3.43. The Bertz CT molecular complexity index is 538. The van der Waals surface area contributed by atoms with Gasteiger partial charge in [0.1, 0.15) is 5.75 Å². The minimum Gasteiger partial charge on any atom is -0.508 e. The predicted octanol–water partition coefficient (Wildman–Crippen LogP) is 3.98. The molecule has 18 heavy (non-hydrogen) atoms. The van der Waals surface area contributed by atoms with Gasteiger partial charge in [-0.15, -0.1) is 0 Å². The molecule has 1 unspecified atom stereocenters. The van der Waals surface area contributed by atoms with E-state index in [2.05, 4.69) is 0 Å². The van der Waals surface area contributed by atoms with E-state index in [-0.39, 0.29) is 5.75 Å². The molecule has 2 aromatic carbocycles. The van der Waals surface area contributed by atoms with Gasteiger partial charge >= 0.3 is 0 Å². The maximum absolute atomic E-state index is 10.1. The van der Waals surface area contributed by atoms with Crippen LogP contribution in [0.4, 0.5) is 0 Å². The fraction of sp³-hybridized carbons (Fsp3) is 0.143. The van der Waals surface area contributed by atoms with Gasteiger partial charge in [0.05, 0.1) is 16.1 Å². The van der Waals surface area contributed by atoms with Gasteiger partial charge in [-0.2, -0.15) is 0 Å². The van der Waals surface area contributed by atoms with Crippen LogP contribution in [0.5, 0.6) is 5.75 Å². The van der Waals surface area contributed by atoms with Crippen LogP contribution in [0.2, 0.25) is 10.0 Å². The Kier molecular flexibility index (Phi) is 4.12. The first-order valence-corrected chi connectivity index (χ1v) is 6.23. The number of aromatic hydroxyl groups is 1. The van der Waals surface area contributed by atoms with Gasteiger partial charge < -0.3 is 10.2 Å². The average Bonchev–Trinajstić information content (AvgIpc) is 2.35. The summed E-state index contributed by atoms with van der Waals surface area (Å²) < 4.78 is 0. The van der Waals surface area contributed by atoms with E-state index in [1.165, 1.54) is 0 Å². The van der Waals surface area contributed by atoms with E-state index in [0.29, 0.717) is 16.5 Å². The molecule has 2 aromatic rings. The molecule has 0 amide bonds. The van der Waals surface area contributed by atoms with Gasteiger partial charge in [0.2, 0.25) is 0 Å². The largest absolute Gasteiger partial charge is 0.508 e. The number of hydrogen-bond donors (Lipinski definition) is 2. The summed E-state index contributed by atoms with van der Waals surface area (Å²) in [6, 6.07) is 11.8. The third-order valence-electron chi connectivity index (χ3n) is 2.69. The van der Waals surface area contributed by atoms with E-state index in [0.717, 1.165) is 11.1 Å². The number of rotatable bonds is 3. The quantitative estimate of drug-likeness (QED) is 0.894. The first kappa shape index (κ1) is 13.2. The second-order valence-corrected chi connectivity index (χ2v) is 4.87. The maximum Gasteiger partial charge on any atom is 0.115 e. The van der Waals surface area contributed by atoms with Crippen molar-refractivity contribution in [1.29, 1.82) is 0 Å². The van der Waals surface area contributed by atoms with Crippen LogP contribution in [0.15, 0.2) is 42.5 Å². The van der Waals surface area contributed by atoms with Crippen LogP contribution < -0.4 is 0 Å². The van der Waals surface area contributed by atoms with Crippen molar-refractivity contribution in [3.8, 4) is 5.75 Å². The molecule has 0 bridgehead atoms. The normalized spacial score (nSPS) is 12.4. The van der Waals surface area contributed by atoms with Crippen LogP contribution >= 0.6 is 23.2 Å². The number of halogens is 2. The molecule has 0 aliphatic carbocycles. The molecule has 0 saturated heterocycles. The average molecular weight is 283 g/mol. The number of aliphatic hydroxyl groups is 1. The second kappa shape index (κ2) is 5.61. The molecule has 0 aliphatic rings. The Morgan fingerprint density at radius 1 is 0.944 bits per heavy atom. The molecule has 1 atom stereocenters. The van der Waals surface area contributed by atoms with Crippen LogP contribution in [-0.2, 0) is 6.42 Å². The zero-order valence-corrected chi connectivity index (χ0v) is 11.0. The Balaban J connectivity index is 2.13. The van der Waals surface area contributed by atoms with Gasteiger partial charge in [0.25, 0.3) is 0 Å². The zero-order chi connectivity index (χ0) is 13.1. The number of phenolic OH excluding ortho intramolecular Hbond substituents is 1. The van der Waals surface area contributed by atoms with Crippen LogP contribution in [0.25, 0.3) is 0 Å². The summed E-state index contributed by atoms with van der Waals surface area (Å²) >= 11 is 11.7. The van der Waals surface area contributed by atoms with Gasteiger partial charge in [-0.3, -0.25) is 0 Å². The first-order valence-electron chi connectivity index (χ1n) is 5.47. The lowest BCUT2D eigenvalue weighted by molar-refractivity contribution is 0.178. The summed E-state index contributed by atoms with van der Waals surface area (Å²) in [5, 5.41) is 20.2. The Morgan fingerprint density at radius 2 is 1.61 bits per heavy atom. The second-order valence-electron chi connectivity index (χ2n) is 4.06. The van der Waals surface area contributed by atoms with E-state index in [4.69, 9.17) is 23.2 Å². The molecule has 2 rings (SSSR count). The number of benzene rings is 2. The summed E-state index contributed by atoms with van der Waals surface area (Å²) in [7, 11) is 0. The highest BCUT2D eigenvalue weighted by molar-refractivity contribution is 6.42. The molecule has 2 N–H and O–H groups in total. The van der Waals surface area contributed by atoms with Crippen LogP contribution in [-0.4, -0.2) is 10.2 Å². The Morgan fingerprint density at radius 3 is 2.22 bits per heavy atom. The van der Waals surface area contributed by atoms with Crippen LogP contribution in [0.3, 0.4) is 0 Å². The highest BCUT2D eigenvalue weighted by atomic mass is 35.5. The molecule has 0 spiro atoms. The van der Waals surface area contributed by atoms with Crippen molar-refractivity contribution < 1.29 is 10.2 Å². The van der Waals surface area contributed by atoms with E-state index >= 15 is 0 Å². The zero-order valence-electron chi connectivity index (χ0n) is 9.48. The molecule has 0 radical (unpaired) electrons. The molecule has 0 heterocycles. The fourth-order valence-corrected chi connectivity index (χ4v) is 2.00. The van der Waals surface area contributed by atoms with Gasteiger partial charge in [-0.25, -0.2) is 0 Å².